The van der Waals surface area contributed by atoms with Crippen molar-refractivity contribution in [3.63, 3.8) is 0 Å². The molecule has 1 rings (SSSR count). The number of nitrogens with zero attached hydrogens (tertiary/aromatic N) is 2. The Bertz CT molecular complexity index is 155. The van der Waals surface area contributed by atoms with Crippen molar-refractivity contribution in [2.45, 2.75) is 18.9 Å². The summed E-state index contributed by atoms with van der Waals surface area (Å²) in [6, 6.07) is 2.06. The molecule has 11 heavy (non-hydrogen) atoms. The van der Waals surface area contributed by atoms with Crippen molar-refractivity contribution in [1.82, 2.24) is 5.06 Å². The fourth-order valence-corrected chi connectivity index (χ4v) is 1.02. The predicted octanol–water partition coefficient (Wildman–Crippen LogP) is -0.102. The highest BCUT2D eigenvalue weighted by Gasteiger charge is 2.20. The maximum absolute atomic E-state index is 9.02. The molecule has 0 bridgehead atoms. The predicted molar refractivity (Wildman–Crippen MR) is 38.4 cm³/mol. The van der Waals surface area contributed by atoms with Gasteiger partial charge in [0, 0.05) is 13.0 Å². The number of hydrogen-bond donors (Lipinski definition) is 1. The first-order valence-corrected chi connectivity index (χ1v) is 3.76. The van der Waals surface area contributed by atoms with E-state index in [0.717, 1.165) is 13.0 Å². The van der Waals surface area contributed by atoms with Gasteiger partial charge < -0.3 is 5.11 Å². The fraction of sp³-hybridized carbons (Fsp3) is 0.857. The Labute approximate surface area is 65.9 Å². The molecule has 0 radical (unpaired) electrons. The number of rotatable bonds is 3. The number of β-amino-alcohol motifs (C(OH)–C–C–N with tert-alkyl or cyclic N) is 1. The van der Waals surface area contributed by atoms with Crippen LogP contribution in [0.2, 0.25) is 0 Å². The average Bonchev–Trinajstić information content (AvgIpc) is 2.37. The van der Waals surface area contributed by atoms with E-state index in [4.69, 9.17) is 15.2 Å². The van der Waals surface area contributed by atoms with E-state index in [1.165, 1.54) is 0 Å². The lowest BCUT2D eigenvalue weighted by atomic mass is 10.3. The van der Waals surface area contributed by atoms with E-state index in [-0.39, 0.29) is 6.10 Å². The van der Waals surface area contributed by atoms with Crippen LogP contribution in [-0.2, 0) is 4.84 Å². The minimum atomic E-state index is -0.350. The molecule has 1 fully saturated rings. The van der Waals surface area contributed by atoms with E-state index in [0.29, 0.717) is 19.6 Å². The van der Waals surface area contributed by atoms with Gasteiger partial charge in [0.1, 0.15) is 0 Å². The van der Waals surface area contributed by atoms with Crippen LogP contribution in [0.5, 0.6) is 0 Å². The van der Waals surface area contributed by atoms with Gasteiger partial charge in [0.05, 0.1) is 25.3 Å². The summed E-state index contributed by atoms with van der Waals surface area (Å²) in [7, 11) is 0. The number of hydroxylamine groups is 2. The van der Waals surface area contributed by atoms with Crippen LogP contribution < -0.4 is 0 Å². The topological polar surface area (TPSA) is 56.5 Å². The molecule has 4 heteroatoms. The van der Waals surface area contributed by atoms with E-state index in [1.807, 2.05) is 0 Å². The molecule has 0 amide bonds. The smallest absolute Gasteiger partial charge is 0.0958 e. The van der Waals surface area contributed by atoms with Gasteiger partial charge in [-0.25, -0.2) is 0 Å². The van der Waals surface area contributed by atoms with E-state index in [9.17, 15) is 0 Å². The second kappa shape index (κ2) is 4.29. The zero-order chi connectivity index (χ0) is 8.10. The van der Waals surface area contributed by atoms with Gasteiger partial charge in [0.25, 0.3) is 0 Å². The summed E-state index contributed by atoms with van der Waals surface area (Å²) in [5.41, 5.74) is 0. The molecule has 1 saturated heterocycles. The summed E-state index contributed by atoms with van der Waals surface area (Å²) < 4.78 is 0. The SMILES string of the molecule is N#CCCCN1C[C@H](O)CO1. The summed E-state index contributed by atoms with van der Waals surface area (Å²) in [4.78, 5) is 5.09. The first kappa shape index (κ1) is 8.47. The van der Waals surface area contributed by atoms with Gasteiger partial charge in [0.15, 0.2) is 0 Å². The molecule has 0 aromatic rings. The maximum Gasteiger partial charge on any atom is 0.0958 e. The zero-order valence-electron chi connectivity index (χ0n) is 6.36. The monoisotopic (exact) mass is 156 g/mol. The van der Waals surface area contributed by atoms with Crippen molar-refractivity contribution in [2.24, 2.45) is 0 Å². The second-order valence-electron chi connectivity index (χ2n) is 2.60. The van der Waals surface area contributed by atoms with Crippen molar-refractivity contribution in [3.05, 3.63) is 0 Å². The number of nitriles is 1. The minimum absolute atomic E-state index is 0.350. The molecular formula is C7H12N2O2. The third kappa shape index (κ3) is 2.85. The molecule has 0 aromatic heterocycles. The number of hydrogen-bond acceptors (Lipinski definition) is 4. The summed E-state index contributed by atoms with van der Waals surface area (Å²) in [5, 5.41) is 19.0. The number of aliphatic hydroxyl groups excluding tert-OH is 1. The Hall–Kier alpha value is -0.630. The third-order valence-electron chi connectivity index (χ3n) is 1.56. The molecule has 4 nitrogen and oxygen atoms in total. The summed E-state index contributed by atoms with van der Waals surface area (Å²) in [6.45, 7) is 1.71. The van der Waals surface area contributed by atoms with Crippen LogP contribution in [0.15, 0.2) is 0 Å². The van der Waals surface area contributed by atoms with Crippen molar-refractivity contribution in [3.8, 4) is 6.07 Å². The quantitative estimate of drug-likeness (QED) is 0.580. The highest BCUT2D eigenvalue weighted by molar-refractivity contribution is 4.70. The van der Waals surface area contributed by atoms with Gasteiger partial charge in [-0.15, -0.1) is 0 Å². The van der Waals surface area contributed by atoms with Crippen LogP contribution in [0.4, 0.5) is 0 Å². The molecule has 0 unspecified atom stereocenters. The summed E-state index contributed by atoms with van der Waals surface area (Å²) in [5.74, 6) is 0. The zero-order valence-corrected chi connectivity index (χ0v) is 6.36. The lowest BCUT2D eigenvalue weighted by molar-refractivity contribution is -0.110. The van der Waals surface area contributed by atoms with E-state index < -0.39 is 0 Å². The van der Waals surface area contributed by atoms with Crippen molar-refractivity contribution in [2.75, 3.05) is 19.7 Å². The lowest BCUT2D eigenvalue weighted by Crippen LogP contribution is -2.21. The maximum atomic E-state index is 9.02. The standard InChI is InChI=1S/C7H12N2O2/c8-3-1-2-4-9-5-7(10)6-11-9/h7,10H,1-2,4-6H2/t7-/m0/s1. The van der Waals surface area contributed by atoms with Crippen LogP contribution in [0.3, 0.4) is 0 Å². The van der Waals surface area contributed by atoms with Gasteiger partial charge in [0.2, 0.25) is 0 Å². The molecule has 0 aromatic carbocycles. The molecule has 0 spiro atoms. The van der Waals surface area contributed by atoms with Gasteiger partial charge in [-0.3, -0.25) is 4.84 Å². The van der Waals surface area contributed by atoms with E-state index in [2.05, 4.69) is 6.07 Å². The van der Waals surface area contributed by atoms with Crippen LogP contribution in [-0.4, -0.2) is 36.0 Å². The van der Waals surface area contributed by atoms with Crippen molar-refractivity contribution < 1.29 is 9.94 Å². The highest BCUT2D eigenvalue weighted by Crippen LogP contribution is 2.05. The molecule has 0 aliphatic carbocycles. The molecule has 62 valence electrons. The Morgan fingerprint density at radius 2 is 2.55 bits per heavy atom. The van der Waals surface area contributed by atoms with Crippen LogP contribution in [0, 0.1) is 11.3 Å². The first-order chi connectivity index (χ1) is 5.33. The number of aliphatic hydroxyl groups is 1. The van der Waals surface area contributed by atoms with Crippen LogP contribution in [0.1, 0.15) is 12.8 Å². The number of unbranched alkanes of at least 4 members (excludes halogenated alkanes) is 1. The molecule has 0 saturated carbocycles. The third-order valence-corrected chi connectivity index (χ3v) is 1.56. The van der Waals surface area contributed by atoms with Gasteiger partial charge in [-0.1, -0.05) is 0 Å². The summed E-state index contributed by atoms with van der Waals surface area (Å²) in [6.07, 6.45) is 1.01. The van der Waals surface area contributed by atoms with Gasteiger partial charge in [-0.05, 0) is 6.42 Å². The first-order valence-electron chi connectivity index (χ1n) is 3.76. The average molecular weight is 156 g/mol. The van der Waals surface area contributed by atoms with Crippen molar-refractivity contribution >= 4 is 0 Å². The van der Waals surface area contributed by atoms with Crippen LogP contribution >= 0.6 is 0 Å². The van der Waals surface area contributed by atoms with E-state index >= 15 is 0 Å². The Morgan fingerprint density at radius 1 is 1.73 bits per heavy atom. The Morgan fingerprint density at radius 3 is 3.09 bits per heavy atom. The van der Waals surface area contributed by atoms with Gasteiger partial charge in [-0.2, -0.15) is 10.3 Å². The van der Waals surface area contributed by atoms with Crippen LogP contribution in [0.25, 0.3) is 0 Å². The second-order valence-corrected chi connectivity index (χ2v) is 2.60. The fourth-order valence-electron chi connectivity index (χ4n) is 1.02. The molecule has 1 aliphatic rings. The van der Waals surface area contributed by atoms with Crippen molar-refractivity contribution in [1.29, 1.82) is 5.26 Å². The minimum Gasteiger partial charge on any atom is -0.389 e. The Balaban J connectivity index is 2.05. The molecule has 1 aliphatic heterocycles. The molecule has 1 heterocycles. The molecule has 1 atom stereocenters. The van der Waals surface area contributed by atoms with Gasteiger partial charge >= 0.3 is 0 Å². The molecule has 1 N–H and O–H groups in total. The normalized spacial score (nSPS) is 25.3. The summed E-state index contributed by atoms with van der Waals surface area (Å²) >= 11 is 0. The Kier molecular flexibility index (Phi) is 3.30. The largest absolute Gasteiger partial charge is 0.389 e. The lowest BCUT2D eigenvalue weighted by Gasteiger charge is -2.11. The van der Waals surface area contributed by atoms with E-state index in [1.54, 1.807) is 5.06 Å². The highest BCUT2D eigenvalue weighted by atomic mass is 16.7. The molecular weight excluding hydrogens is 144 g/mol.